The van der Waals surface area contributed by atoms with Crippen LogP contribution in [0.3, 0.4) is 0 Å². The molecule has 2 unspecified atom stereocenters. The number of hydrogen-bond donors (Lipinski definition) is 1. The summed E-state index contributed by atoms with van der Waals surface area (Å²) in [4.78, 5) is 20.0. The number of nitrogens with one attached hydrogen (secondary N) is 1. The molecule has 1 heterocycles. The highest BCUT2D eigenvalue weighted by Gasteiger charge is 2.28. The van der Waals surface area contributed by atoms with Crippen LogP contribution < -0.4 is 9.62 Å². The van der Waals surface area contributed by atoms with Crippen LogP contribution in [0.1, 0.15) is 60.7 Å². The van der Waals surface area contributed by atoms with E-state index in [0.29, 0.717) is 18.5 Å². The second-order valence-corrected chi connectivity index (χ2v) is 12.1. The summed E-state index contributed by atoms with van der Waals surface area (Å²) in [6.07, 6.45) is 6.13. The Hall–Kier alpha value is -3.82. The van der Waals surface area contributed by atoms with E-state index >= 15 is 0 Å². The van der Waals surface area contributed by atoms with Gasteiger partial charge in [-0.1, -0.05) is 43.3 Å². The van der Waals surface area contributed by atoms with Gasteiger partial charge in [-0.2, -0.15) is 0 Å². The third kappa shape index (κ3) is 6.16. The maximum atomic E-state index is 13.8. The zero-order chi connectivity index (χ0) is 28.3. The van der Waals surface area contributed by atoms with Gasteiger partial charge >= 0.3 is 0 Å². The summed E-state index contributed by atoms with van der Waals surface area (Å²) < 4.78 is 44.4. The molecule has 4 aromatic rings. The van der Waals surface area contributed by atoms with Gasteiger partial charge in [-0.3, -0.25) is 4.79 Å². The number of fused-ring (bicyclic) bond motifs is 1. The Morgan fingerprint density at radius 3 is 2.58 bits per heavy atom. The SMILES string of the molecule is CC(CC(=O)N(Cc1nccn1C)c1ccc2c(c1)C(NS(=O)(=O)c1ccc(F)cc1)CCC2)c1ccccc1. The number of sulfonamides is 1. The number of aryl methyl sites for hydroxylation is 2. The van der Waals surface area contributed by atoms with Crippen molar-refractivity contribution in [1.29, 1.82) is 0 Å². The molecule has 1 aliphatic rings. The largest absolute Gasteiger partial charge is 0.337 e. The normalized spacial score (nSPS) is 15.8. The minimum Gasteiger partial charge on any atom is -0.337 e. The molecule has 1 N–H and O–H groups in total. The molecule has 40 heavy (non-hydrogen) atoms. The van der Waals surface area contributed by atoms with Crippen molar-refractivity contribution in [2.75, 3.05) is 4.90 Å². The van der Waals surface area contributed by atoms with Crippen molar-refractivity contribution in [3.63, 3.8) is 0 Å². The highest BCUT2D eigenvalue weighted by molar-refractivity contribution is 7.89. The highest BCUT2D eigenvalue weighted by atomic mass is 32.2. The van der Waals surface area contributed by atoms with Crippen molar-refractivity contribution < 1.29 is 17.6 Å². The minimum atomic E-state index is -3.87. The maximum Gasteiger partial charge on any atom is 0.241 e. The molecule has 1 aliphatic carbocycles. The molecule has 0 saturated carbocycles. The van der Waals surface area contributed by atoms with E-state index in [0.717, 1.165) is 47.5 Å². The van der Waals surface area contributed by atoms with Crippen molar-refractivity contribution in [3.8, 4) is 0 Å². The second kappa shape index (κ2) is 11.7. The lowest BCUT2D eigenvalue weighted by molar-refractivity contribution is -0.119. The van der Waals surface area contributed by atoms with Gasteiger partial charge in [-0.25, -0.2) is 22.5 Å². The van der Waals surface area contributed by atoms with Gasteiger partial charge in [-0.15, -0.1) is 0 Å². The van der Waals surface area contributed by atoms with Gasteiger partial charge in [0.05, 0.1) is 11.4 Å². The minimum absolute atomic E-state index is 0.0127. The number of rotatable bonds is 9. The van der Waals surface area contributed by atoms with Crippen molar-refractivity contribution in [2.24, 2.45) is 7.05 Å². The van der Waals surface area contributed by atoms with Crippen LogP contribution in [0.25, 0.3) is 0 Å². The van der Waals surface area contributed by atoms with Crippen LogP contribution in [0, 0.1) is 5.82 Å². The topological polar surface area (TPSA) is 84.3 Å². The molecule has 0 bridgehead atoms. The number of imidazole rings is 1. The van der Waals surface area contributed by atoms with Gasteiger partial charge in [0, 0.05) is 37.6 Å². The fourth-order valence-electron chi connectivity index (χ4n) is 5.23. The molecule has 208 valence electrons. The first-order chi connectivity index (χ1) is 19.2. The third-order valence-corrected chi connectivity index (χ3v) is 9.04. The summed E-state index contributed by atoms with van der Waals surface area (Å²) in [7, 11) is -1.98. The summed E-state index contributed by atoms with van der Waals surface area (Å²) in [5, 5.41) is 0. The number of halogens is 1. The van der Waals surface area contributed by atoms with E-state index < -0.39 is 21.9 Å². The Morgan fingerprint density at radius 1 is 1.12 bits per heavy atom. The number of carbonyl (C=O) groups excluding carboxylic acids is 1. The van der Waals surface area contributed by atoms with Gasteiger partial charge in [0.15, 0.2) is 0 Å². The Balaban J connectivity index is 1.46. The number of benzene rings is 3. The molecule has 0 saturated heterocycles. The molecule has 0 fully saturated rings. The monoisotopic (exact) mass is 560 g/mol. The first kappa shape index (κ1) is 27.7. The molecule has 9 heteroatoms. The van der Waals surface area contributed by atoms with E-state index in [1.165, 1.54) is 12.1 Å². The number of anilines is 1. The van der Waals surface area contributed by atoms with E-state index in [1.807, 2.05) is 73.3 Å². The molecule has 0 radical (unpaired) electrons. The predicted octanol–water partition coefficient (Wildman–Crippen LogP) is 5.64. The summed E-state index contributed by atoms with van der Waals surface area (Å²) >= 11 is 0. The van der Waals surface area contributed by atoms with Gasteiger partial charge in [-0.05, 0) is 78.3 Å². The van der Waals surface area contributed by atoms with Crippen molar-refractivity contribution in [3.05, 3.63) is 114 Å². The standard InChI is InChI=1S/C31H33FN4O3S/c1-22(23-7-4-3-5-8-23)19-31(37)36(21-30-33-17-18-35(30)2)26-14-11-24-9-6-10-29(28(24)20-26)34-40(38,39)27-15-12-25(32)13-16-27/h3-5,7-8,11-18,20,22,29,34H,6,9-10,19,21H2,1-2H3. The summed E-state index contributed by atoms with van der Waals surface area (Å²) in [6, 6.07) is 20.1. The molecular formula is C31H33FN4O3S. The third-order valence-electron chi connectivity index (χ3n) is 7.55. The first-order valence-corrected chi connectivity index (χ1v) is 14.9. The van der Waals surface area contributed by atoms with Crippen LogP contribution in [0.2, 0.25) is 0 Å². The first-order valence-electron chi connectivity index (χ1n) is 13.4. The van der Waals surface area contributed by atoms with Crippen molar-refractivity contribution >= 4 is 21.6 Å². The molecule has 2 atom stereocenters. The smallest absolute Gasteiger partial charge is 0.241 e. The maximum absolute atomic E-state index is 13.8. The van der Waals surface area contributed by atoms with Crippen LogP contribution in [0.4, 0.5) is 10.1 Å². The average molecular weight is 561 g/mol. The molecule has 3 aromatic carbocycles. The molecule has 5 rings (SSSR count). The molecule has 1 amide bonds. The van der Waals surface area contributed by atoms with E-state index in [9.17, 15) is 17.6 Å². The summed E-state index contributed by atoms with van der Waals surface area (Å²) in [5.74, 6) is 0.224. The summed E-state index contributed by atoms with van der Waals surface area (Å²) in [5.41, 5.74) is 3.68. The zero-order valence-corrected chi connectivity index (χ0v) is 23.4. The molecule has 1 aromatic heterocycles. The van der Waals surface area contributed by atoms with E-state index in [-0.39, 0.29) is 23.3 Å². The van der Waals surface area contributed by atoms with E-state index in [2.05, 4.69) is 9.71 Å². The number of nitrogens with zero attached hydrogens (tertiary/aromatic N) is 3. The van der Waals surface area contributed by atoms with E-state index in [4.69, 9.17) is 0 Å². The quantitative estimate of drug-likeness (QED) is 0.287. The Bertz CT molecular complexity index is 1590. The predicted molar refractivity (Wildman–Crippen MR) is 153 cm³/mol. The molecule has 7 nitrogen and oxygen atoms in total. The average Bonchev–Trinajstić information content (AvgIpc) is 3.36. The van der Waals surface area contributed by atoms with Crippen molar-refractivity contribution in [1.82, 2.24) is 14.3 Å². The Morgan fingerprint density at radius 2 is 1.88 bits per heavy atom. The number of amides is 1. The van der Waals surface area contributed by atoms with Crippen LogP contribution in [0.5, 0.6) is 0 Å². The fourth-order valence-corrected chi connectivity index (χ4v) is 6.48. The van der Waals surface area contributed by atoms with Gasteiger partial charge in [0.25, 0.3) is 0 Å². The van der Waals surface area contributed by atoms with E-state index in [1.54, 1.807) is 11.1 Å². The number of hydrogen-bond acceptors (Lipinski definition) is 4. The Kier molecular flexibility index (Phi) is 8.14. The summed E-state index contributed by atoms with van der Waals surface area (Å²) in [6.45, 7) is 2.33. The van der Waals surface area contributed by atoms with Gasteiger partial charge in [0.1, 0.15) is 11.6 Å². The Labute approximate surface area is 234 Å². The molecule has 0 aliphatic heterocycles. The highest BCUT2D eigenvalue weighted by Crippen LogP contribution is 2.35. The molecule has 0 spiro atoms. The van der Waals surface area contributed by atoms with Crippen LogP contribution >= 0.6 is 0 Å². The second-order valence-electron chi connectivity index (χ2n) is 10.4. The van der Waals surface area contributed by atoms with Crippen molar-refractivity contribution in [2.45, 2.75) is 56.0 Å². The lowest BCUT2D eigenvalue weighted by Crippen LogP contribution is -2.34. The number of aromatic nitrogens is 2. The van der Waals surface area contributed by atoms with Crippen LogP contribution in [-0.4, -0.2) is 23.9 Å². The van der Waals surface area contributed by atoms with Gasteiger partial charge in [0.2, 0.25) is 15.9 Å². The van der Waals surface area contributed by atoms with Crippen LogP contribution in [0.15, 0.2) is 90.1 Å². The van der Waals surface area contributed by atoms with Crippen LogP contribution in [-0.2, 0) is 34.8 Å². The fraction of sp³-hybridized carbons (Fsp3) is 0.290. The lowest BCUT2D eigenvalue weighted by atomic mass is 9.87. The molecular weight excluding hydrogens is 527 g/mol. The lowest BCUT2D eigenvalue weighted by Gasteiger charge is -2.30. The number of carbonyl (C=O) groups is 1. The van der Waals surface area contributed by atoms with Gasteiger partial charge < -0.3 is 9.47 Å². The zero-order valence-electron chi connectivity index (χ0n) is 22.6.